The zero-order valence-corrected chi connectivity index (χ0v) is 31.3. The number of para-hydroxylation sites is 4. The van der Waals surface area contributed by atoms with Gasteiger partial charge in [0.05, 0.1) is 56.2 Å². The van der Waals surface area contributed by atoms with Crippen molar-refractivity contribution in [3.8, 4) is 45.3 Å². The van der Waals surface area contributed by atoms with Crippen LogP contribution in [0.5, 0.6) is 0 Å². The summed E-state index contributed by atoms with van der Waals surface area (Å²) in [5.74, 6) is 1.10. The lowest BCUT2D eigenvalue weighted by Crippen LogP contribution is -2.07. The summed E-state index contributed by atoms with van der Waals surface area (Å²) in [4.78, 5) is 4.89. The molecule has 270 valence electrons. The van der Waals surface area contributed by atoms with Crippen LogP contribution in [-0.2, 0) is 12.8 Å². The minimum absolute atomic E-state index is 0.936. The van der Waals surface area contributed by atoms with Crippen molar-refractivity contribution in [2.45, 2.75) is 19.3 Å². The summed E-state index contributed by atoms with van der Waals surface area (Å²) >= 11 is 0. The first-order valence-electron chi connectivity index (χ1n) is 19.9. The number of benzene rings is 7. The minimum atomic E-state index is 0.936. The maximum atomic E-state index is 4.89. The summed E-state index contributed by atoms with van der Waals surface area (Å²) in [5, 5.41) is 4.97. The van der Waals surface area contributed by atoms with Crippen LogP contribution >= 0.6 is 0 Å². The van der Waals surface area contributed by atoms with E-state index < -0.39 is 0 Å². The first-order chi connectivity index (χ1) is 28.3. The average Bonchev–Trinajstić information content (AvgIpc) is 4.02. The van der Waals surface area contributed by atoms with E-state index in [1.54, 1.807) is 0 Å². The van der Waals surface area contributed by atoms with Crippen molar-refractivity contribution in [2.24, 2.45) is 0 Å². The van der Waals surface area contributed by atoms with Crippen LogP contribution < -0.4 is 0 Å². The molecule has 5 nitrogen and oxygen atoms in total. The summed E-state index contributed by atoms with van der Waals surface area (Å²) in [6.45, 7) is 0. The van der Waals surface area contributed by atoms with Gasteiger partial charge < -0.3 is 18.3 Å². The highest BCUT2D eigenvalue weighted by Crippen LogP contribution is 2.46. The van der Waals surface area contributed by atoms with Gasteiger partial charge in [0.1, 0.15) is 5.82 Å². The Bertz CT molecular complexity index is 3080. The molecule has 12 rings (SSSR count). The van der Waals surface area contributed by atoms with E-state index in [1.807, 2.05) is 6.20 Å². The van der Waals surface area contributed by atoms with Gasteiger partial charge in [0.15, 0.2) is 0 Å². The second kappa shape index (κ2) is 12.6. The van der Waals surface area contributed by atoms with Gasteiger partial charge in [0, 0.05) is 51.5 Å². The van der Waals surface area contributed by atoms with Crippen LogP contribution in [0, 0.1) is 0 Å². The van der Waals surface area contributed by atoms with Gasteiger partial charge in [-0.05, 0) is 60.9 Å². The molecule has 1 aliphatic rings. The van der Waals surface area contributed by atoms with Crippen molar-refractivity contribution < 1.29 is 0 Å². The third-order valence-electron chi connectivity index (χ3n) is 11.9. The molecule has 0 saturated heterocycles. The molecule has 0 saturated carbocycles. The Morgan fingerprint density at radius 1 is 0.404 bits per heavy atom. The van der Waals surface area contributed by atoms with Gasteiger partial charge in [0.25, 0.3) is 0 Å². The molecule has 0 fully saturated rings. The fraction of sp³-hybridized carbons (Fsp3) is 0.0577. The lowest BCUT2D eigenvalue weighted by atomic mass is 10.0. The number of hydrogen-bond acceptors (Lipinski definition) is 1. The molecule has 0 amide bonds. The monoisotopic (exact) mass is 731 g/mol. The second-order valence-electron chi connectivity index (χ2n) is 15.1. The average molecular weight is 732 g/mol. The van der Waals surface area contributed by atoms with E-state index in [9.17, 15) is 0 Å². The molecule has 4 aromatic heterocycles. The Kier molecular flexibility index (Phi) is 7.05. The summed E-state index contributed by atoms with van der Waals surface area (Å²) in [6.07, 6.45) is 7.02. The Morgan fingerprint density at radius 2 is 0.825 bits per heavy atom. The molecular weight excluding hydrogens is 695 g/mol. The van der Waals surface area contributed by atoms with Crippen LogP contribution in [0.3, 0.4) is 0 Å². The smallest absolute Gasteiger partial charge is 0.113 e. The Balaban J connectivity index is 1.27. The molecule has 0 bridgehead atoms. The third-order valence-corrected chi connectivity index (χ3v) is 11.9. The predicted molar refractivity (Wildman–Crippen MR) is 234 cm³/mol. The van der Waals surface area contributed by atoms with Crippen molar-refractivity contribution >= 4 is 43.6 Å². The number of aryl methyl sites for hydroxylation is 1. The Morgan fingerprint density at radius 3 is 1.32 bits per heavy atom. The van der Waals surface area contributed by atoms with E-state index in [-0.39, 0.29) is 0 Å². The van der Waals surface area contributed by atoms with Crippen LogP contribution in [0.2, 0.25) is 0 Å². The van der Waals surface area contributed by atoms with Crippen molar-refractivity contribution in [3.05, 3.63) is 200 Å². The largest absolute Gasteiger partial charge is 0.309 e. The van der Waals surface area contributed by atoms with Gasteiger partial charge in [-0.25, -0.2) is 4.98 Å². The molecule has 57 heavy (non-hydrogen) atoms. The number of rotatable bonds is 5. The van der Waals surface area contributed by atoms with Crippen LogP contribution in [0.1, 0.15) is 17.8 Å². The highest BCUT2D eigenvalue weighted by molar-refractivity contribution is 6.10. The van der Waals surface area contributed by atoms with Crippen molar-refractivity contribution in [3.63, 3.8) is 0 Å². The second-order valence-corrected chi connectivity index (χ2v) is 15.1. The van der Waals surface area contributed by atoms with Crippen molar-refractivity contribution in [2.75, 3.05) is 0 Å². The van der Waals surface area contributed by atoms with Gasteiger partial charge in [0.2, 0.25) is 0 Å². The summed E-state index contributed by atoms with van der Waals surface area (Å²) in [5.41, 5.74) is 15.3. The molecular formula is C52H37N5. The standard InChI is InChI=1S/C52H37N5/c1-3-16-35(17-4-1)50-44-24-15-29-49-53-30-31-54(49)52(44)51(36-18-5-2-6-19-36)57(50)39-33-37(55-45-25-11-7-20-40(45)41-21-8-12-26-46(41)55)32-38(34-39)56-47-27-13-9-22-42(47)43-23-10-14-28-48(43)56/h1-14,16-23,25-28,30-34H,15,24,29H2. The topological polar surface area (TPSA) is 32.6 Å². The maximum Gasteiger partial charge on any atom is 0.113 e. The normalized spacial score (nSPS) is 12.7. The number of aromatic nitrogens is 5. The number of fused-ring (bicyclic) bond motifs is 9. The van der Waals surface area contributed by atoms with E-state index in [0.29, 0.717) is 0 Å². The van der Waals surface area contributed by atoms with Crippen LogP contribution in [0.25, 0.3) is 88.9 Å². The van der Waals surface area contributed by atoms with Gasteiger partial charge in [-0.3, -0.25) is 0 Å². The lowest BCUT2D eigenvalue weighted by Gasteiger charge is -2.20. The summed E-state index contributed by atoms with van der Waals surface area (Å²) in [7, 11) is 0. The fourth-order valence-electron chi connectivity index (χ4n) is 9.64. The highest BCUT2D eigenvalue weighted by atomic mass is 15.1. The lowest BCUT2D eigenvalue weighted by molar-refractivity contribution is 0.786. The first kappa shape index (κ1) is 31.9. The molecule has 0 atom stereocenters. The van der Waals surface area contributed by atoms with Gasteiger partial charge in [-0.15, -0.1) is 0 Å². The van der Waals surface area contributed by atoms with E-state index >= 15 is 0 Å². The highest BCUT2D eigenvalue weighted by Gasteiger charge is 2.30. The van der Waals surface area contributed by atoms with Gasteiger partial charge in [-0.2, -0.15) is 0 Å². The van der Waals surface area contributed by atoms with Crippen LogP contribution in [0.15, 0.2) is 188 Å². The molecule has 5 heteroatoms. The molecule has 1 aliphatic heterocycles. The molecule has 11 aromatic rings. The maximum absolute atomic E-state index is 4.89. The SMILES string of the molecule is c1ccc(-c2c3c(c(-c4ccccc4)n2-c2cc(-n4c5ccccc5c5ccccc54)cc(-n4c5ccccc5c5ccccc54)c2)-n2ccnc2CCC3)cc1. The van der Waals surface area contributed by atoms with Crippen molar-refractivity contribution in [1.82, 2.24) is 23.3 Å². The predicted octanol–water partition coefficient (Wildman–Crippen LogP) is 12.7. The third kappa shape index (κ3) is 4.79. The first-order valence-corrected chi connectivity index (χ1v) is 19.9. The zero-order valence-electron chi connectivity index (χ0n) is 31.3. The summed E-state index contributed by atoms with van der Waals surface area (Å²) < 4.78 is 9.83. The number of nitrogens with zero attached hydrogens (tertiary/aromatic N) is 5. The van der Waals surface area contributed by atoms with Crippen LogP contribution in [-0.4, -0.2) is 23.3 Å². The quantitative estimate of drug-likeness (QED) is 0.173. The van der Waals surface area contributed by atoms with Crippen LogP contribution in [0.4, 0.5) is 0 Å². The molecule has 0 radical (unpaired) electrons. The molecule has 0 spiro atoms. The van der Waals surface area contributed by atoms with Crippen molar-refractivity contribution in [1.29, 1.82) is 0 Å². The van der Waals surface area contributed by atoms with E-state index in [2.05, 4.69) is 200 Å². The molecule has 0 aliphatic carbocycles. The molecule has 0 unspecified atom stereocenters. The van der Waals surface area contributed by atoms with E-state index in [1.165, 1.54) is 66.1 Å². The van der Waals surface area contributed by atoms with E-state index in [4.69, 9.17) is 4.98 Å². The molecule has 7 aromatic carbocycles. The zero-order chi connectivity index (χ0) is 37.5. The number of hydrogen-bond donors (Lipinski definition) is 0. The fourth-order valence-corrected chi connectivity index (χ4v) is 9.64. The minimum Gasteiger partial charge on any atom is -0.309 e. The Hall–Kier alpha value is -7.37. The van der Waals surface area contributed by atoms with Gasteiger partial charge >= 0.3 is 0 Å². The summed E-state index contributed by atoms with van der Waals surface area (Å²) in [6, 6.07) is 64.3. The Labute approximate surface area is 329 Å². The number of imidazole rings is 1. The molecule has 5 heterocycles. The van der Waals surface area contributed by atoms with E-state index in [0.717, 1.165) is 53.4 Å². The van der Waals surface area contributed by atoms with Gasteiger partial charge in [-0.1, -0.05) is 133 Å². The molecule has 0 N–H and O–H groups in total.